The average Bonchev–Trinajstić information content (AvgIpc) is 3.04. The predicted octanol–water partition coefficient (Wildman–Crippen LogP) is 7.04. The zero-order valence-corrected chi connectivity index (χ0v) is 15.3. The molecule has 0 fully saturated rings. The van der Waals surface area contributed by atoms with Crippen molar-refractivity contribution in [2.45, 2.75) is 6.92 Å². The minimum absolute atomic E-state index is 0.657. The van der Waals surface area contributed by atoms with E-state index in [9.17, 15) is 8.78 Å². The normalized spacial score (nSPS) is 11.4. The van der Waals surface area contributed by atoms with Crippen molar-refractivity contribution in [2.75, 3.05) is 0 Å². The van der Waals surface area contributed by atoms with Crippen LogP contribution in [-0.4, -0.2) is 4.57 Å². The predicted molar refractivity (Wildman–Crippen MR) is 111 cm³/mol. The highest BCUT2D eigenvalue weighted by Crippen LogP contribution is 2.33. The van der Waals surface area contributed by atoms with E-state index in [4.69, 9.17) is 0 Å². The number of rotatable bonds is 2. The molecule has 0 bridgehead atoms. The van der Waals surface area contributed by atoms with Gasteiger partial charge in [0.25, 0.3) is 0 Å². The number of benzene rings is 4. The quantitative estimate of drug-likeness (QED) is 0.314. The van der Waals surface area contributed by atoms with Crippen molar-refractivity contribution < 1.29 is 8.78 Å². The second-order valence-corrected chi connectivity index (χ2v) is 7.06. The minimum Gasteiger partial charge on any atom is -0.309 e. The van der Waals surface area contributed by atoms with Gasteiger partial charge in [-0.1, -0.05) is 48.5 Å². The molecule has 0 atom stereocenters. The van der Waals surface area contributed by atoms with Crippen LogP contribution in [0.2, 0.25) is 0 Å². The van der Waals surface area contributed by atoms with Crippen molar-refractivity contribution in [2.24, 2.45) is 0 Å². The highest BCUT2D eigenvalue weighted by atomic mass is 19.2. The van der Waals surface area contributed by atoms with Crippen molar-refractivity contribution >= 4 is 21.8 Å². The number of hydrogen-bond donors (Lipinski definition) is 0. The number of para-hydroxylation sites is 2. The minimum atomic E-state index is -0.836. The van der Waals surface area contributed by atoms with E-state index < -0.39 is 11.6 Å². The molecule has 0 spiro atoms. The third kappa shape index (κ3) is 2.59. The Morgan fingerprint density at radius 3 is 1.89 bits per heavy atom. The molecule has 0 unspecified atom stereocenters. The van der Waals surface area contributed by atoms with E-state index in [1.54, 1.807) is 6.07 Å². The summed E-state index contributed by atoms with van der Waals surface area (Å²) in [4.78, 5) is 0. The smallest absolute Gasteiger partial charge is 0.159 e. The average molecular weight is 369 g/mol. The van der Waals surface area contributed by atoms with Crippen LogP contribution in [0.1, 0.15) is 5.56 Å². The summed E-state index contributed by atoms with van der Waals surface area (Å²) in [6, 6.07) is 26.8. The molecule has 5 rings (SSSR count). The van der Waals surface area contributed by atoms with Gasteiger partial charge >= 0.3 is 0 Å². The SMILES string of the molecule is Cc1cc(-c2ccc(F)c(F)c2)cc(-n2c3ccccc3c3ccccc32)c1. The lowest BCUT2D eigenvalue weighted by Crippen LogP contribution is -1.96. The van der Waals surface area contributed by atoms with E-state index in [-0.39, 0.29) is 0 Å². The van der Waals surface area contributed by atoms with Crippen molar-refractivity contribution in [1.82, 2.24) is 4.57 Å². The van der Waals surface area contributed by atoms with Gasteiger partial charge in [-0.05, 0) is 60.0 Å². The van der Waals surface area contributed by atoms with Crippen LogP contribution in [0.3, 0.4) is 0 Å². The fourth-order valence-corrected chi connectivity index (χ4v) is 3.94. The molecular formula is C25H17F2N. The maximum Gasteiger partial charge on any atom is 0.159 e. The molecule has 0 aliphatic carbocycles. The van der Waals surface area contributed by atoms with Gasteiger partial charge in [-0.2, -0.15) is 0 Å². The maximum atomic E-state index is 13.8. The number of aryl methyl sites for hydroxylation is 1. The summed E-state index contributed by atoms with van der Waals surface area (Å²) in [6.07, 6.45) is 0. The second kappa shape index (κ2) is 6.31. The summed E-state index contributed by atoms with van der Waals surface area (Å²) in [5, 5.41) is 2.38. The molecule has 5 aromatic rings. The Balaban J connectivity index is 1.80. The third-order valence-electron chi connectivity index (χ3n) is 5.15. The first-order valence-corrected chi connectivity index (χ1v) is 9.17. The Morgan fingerprint density at radius 2 is 1.25 bits per heavy atom. The lowest BCUT2D eigenvalue weighted by atomic mass is 10.0. The number of hydrogen-bond acceptors (Lipinski definition) is 0. The van der Waals surface area contributed by atoms with E-state index in [0.717, 1.165) is 27.8 Å². The summed E-state index contributed by atoms with van der Waals surface area (Å²) >= 11 is 0. The topological polar surface area (TPSA) is 4.93 Å². The first-order chi connectivity index (χ1) is 13.6. The van der Waals surface area contributed by atoms with Crippen LogP contribution in [-0.2, 0) is 0 Å². The van der Waals surface area contributed by atoms with Crippen LogP contribution >= 0.6 is 0 Å². The van der Waals surface area contributed by atoms with Gasteiger partial charge < -0.3 is 4.57 Å². The zero-order valence-electron chi connectivity index (χ0n) is 15.3. The highest BCUT2D eigenvalue weighted by molar-refractivity contribution is 6.09. The van der Waals surface area contributed by atoms with Crippen molar-refractivity contribution in [3.63, 3.8) is 0 Å². The highest BCUT2D eigenvalue weighted by Gasteiger charge is 2.13. The Bertz CT molecular complexity index is 1290. The molecular weight excluding hydrogens is 352 g/mol. The molecule has 1 nitrogen and oxygen atoms in total. The van der Waals surface area contributed by atoms with Crippen LogP contribution in [0.25, 0.3) is 38.6 Å². The molecule has 3 heteroatoms. The monoisotopic (exact) mass is 369 g/mol. The number of fused-ring (bicyclic) bond motifs is 3. The second-order valence-electron chi connectivity index (χ2n) is 7.06. The van der Waals surface area contributed by atoms with Crippen molar-refractivity contribution in [3.8, 4) is 16.8 Å². The van der Waals surface area contributed by atoms with Crippen molar-refractivity contribution in [1.29, 1.82) is 0 Å². The summed E-state index contributed by atoms with van der Waals surface area (Å²) in [5.74, 6) is -1.67. The van der Waals surface area contributed by atoms with Crippen LogP contribution in [0.4, 0.5) is 8.78 Å². The molecule has 0 aliphatic rings. The van der Waals surface area contributed by atoms with Gasteiger partial charge in [-0.3, -0.25) is 0 Å². The van der Waals surface area contributed by atoms with E-state index in [1.807, 2.05) is 43.3 Å². The number of halogens is 2. The summed E-state index contributed by atoms with van der Waals surface area (Å²) in [6.45, 7) is 2.01. The van der Waals surface area contributed by atoms with E-state index in [1.165, 1.54) is 22.9 Å². The van der Waals surface area contributed by atoms with Gasteiger partial charge in [0.05, 0.1) is 11.0 Å². The van der Waals surface area contributed by atoms with Crippen LogP contribution in [0.15, 0.2) is 84.9 Å². The Labute approximate surface area is 161 Å². The third-order valence-corrected chi connectivity index (χ3v) is 5.15. The first kappa shape index (κ1) is 16.7. The number of nitrogens with zero attached hydrogens (tertiary/aromatic N) is 1. The van der Waals surface area contributed by atoms with Crippen LogP contribution in [0.5, 0.6) is 0 Å². The van der Waals surface area contributed by atoms with Gasteiger partial charge in [0, 0.05) is 16.5 Å². The fourth-order valence-electron chi connectivity index (χ4n) is 3.94. The molecule has 28 heavy (non-hydrogen) atoms. The summed E-state index contributed by atoms with van der Waals surface area (Å²) in [7, 11) is 0. The van der Waals surface area contributed by atoms with Crippen molar-refractivity contribution in [3.05, 3.63) is 102 Å². The largest absolute Gasteiger partial charge is 0.309 e. The lowest BCUT2D eigenvalue weighted by molar-refractivity contribution is 0.509. The molecule has 0 amide bonds. The lowest BCUT2D eigenvalue weighted by Gasteiger charge is -2.12. The van der Waals surface area contributed by atoms with Gasteiger partial charge in [0.1, 0.15) is 0 Å². The Hall–Kier alpha value is -3.46. The summed E-state index contributed by atoms with van der Waals surface area (Å²) in [5.41, 5.74) is 5.80. The molecule has 4 aromatic carbocycles. The summed E-state index contributed by atoms with van der Waals surface area (Å²) < 4.78 is 29.4. The zero-order chi connectivity index (χ0) is 19.3. The molecule has 0 saturated carbocycles. The standard InChI is InChI=1S/C25H17F2N/c1-16-12-18(17-10-11-22(26)23(27)15-17)14-19(13-16)28-24-8-4-2-6-20(24)21-7-3-5-9-25(21)28/h2-15H,1H3. The molecule has 0 radical (unpaired) electrons. The Kier molecular flexibility index (Phi) is 3.76. The molecule has 0 N–H and O–H groups in total. The van der Waals surface area contributed by atoms with Crippen LogP contribution in [0, 0.1) is 18.6 Å². The van der Waals surface area contributed by atoms with Gasteiger partial charge in [0.2, 0.25) is 0 Å². The van der Waals surface area contributed by atoms with E-state index in [2.05, 4.69) is 34.9 Å². The number of aromatic nitrogens is 1. The van der Waals surface area contributed by atoms with Gasteiger partial charge in [-0.25, -0.2) is 8.78 Å². The van der Waals surface area contributed by atoms with E-state index >= 15 is 0 Å². The molecule has 1 heterocycles. The van der Waals surface area contributed by atoms with Gasteiger partial charge in [-0.15, -0.1) is 0 Å². The molecule has 0 aliphatic heterocycles. The molecule has 0 saturated heterocycles. The first-order valence-electron chi connectivity index (χ1n) is 9.17. The Morgan fingerprint density at radius 1 is 0.607 bits per heavy atom. The van der Waals surface area contributed by atoms with Gasteiger partial charge in [0.15, 0.2) is 11.6 Å². The molecule has 1 aromatic heterocycles. The maximum absolute atomic E-state index is 13.8. The molecule has 136 valence electrons. The fraction of sp³-hybridized carbons (Fsp3) is 0.0400. The van der Waals surface area contributed by atoms with Crippen LogP contribution < -0.4 is 0 Å². The van der Waals surface area contributed by atoms with E-state index in [0.29, 0.717) is 5.56 Å².